The Balaban J connectivity index is 1.71. The molecule has 0 radical (unpaired) electrons. The molecule has 0 spiro atoms. The summed E-state index contributed by atoms with van der Waals surface area (Å²) in [7, 11) is 1.68. The van der Waals surface area contributed by atoms with Gasteiger partial charge in [0.15, 0.2) is 0 Å². The van der Waals surface area contributed by atoms with Crippen LogP contribution in [0.5, 0.6) is 5.75 Å². The van der Waals surface area contributed by atoms with E-state index in [4.69, 9.17) is 9.15 Å². The van der Waals surface area contributed by atoms with E-state index in [2.05, 4.69) is 22.4 Å². The number of hydrogen-bond acceptors (Lipinski definition) is 4. The Morgan fingerprint density at radius 1 is 1.28 bits per heavy atom. The van der Waals surface area contributed by atoms with Crippen molar-refractivity contribution in [2.75, 3.05) is 13.7 Å². The third kappa shape index (κ3) is 3.60. The third-order valence-electron chi connectivity index (χ3n) is 2.69. The molecular weight excluding hydrogens is 228 g/mol. The van der Waals surface area contributed by atoms with Gasteiger partial charge in [0, 0.05) is 0 Å². The summed E-state index contributed by atoms with van der Waals surface area (Å²) in [6, 6.07) is 8.12. The van der Waals surface area contributed by atoms with Crippen LogP contribution in [-0.4, -0.2) is 18.6 Å². The second-order valence-corrected chi connectivity index (χ2v) is 4.14. The van der Waals surface area contributed by atoms with E-state index in [1.165, 1.54) is 5.56 Å². The molecule has 2 rings (SSSR count). The van der Waals surface area contributed by atoms with Gasteiger partial charge in [0.1, 0.15) is 11.5 Å². The molecule has 4 heteroatoms. The topological polar surface area (TPSA) is 47.3 Å². The molecule has 0 bridgehead atoms. The van der Waals surface area contributed by atoms with Gasteiger partial charge in [-0.25, -0.2) is 4.98 Å². The van der Waals surface area contributed by atoms with Crippen LogP contribution in [0, 0.1) is 6.92 Å². The van der Waals surface area contributed by atoms with E-state index in [0.29, 0.717) is 6.54 Å². The van der Waals surface area contributed by atoms with Gasteiger partial charge in [0.05, 0.1) is 19.9 Å². The quantitative estimate of drug-likeness (QED) is 0.795. The molecule has 2 aromatic rings. The van der Waals surface area contributed by atoms with Crippen molar-refractivity contribution in [3.05, 3.63) is 47.7 Å². The van der Waals surface area contributed by atoms with Gasteiger partial charge in [0.25, 0.3) is 0 Å². The summed E-state index contributed by atoms with van der Waals surface area (Å²) < 4.78 is 10.5. The number of nitrogens with one attached hydrogen (secondary N) is 1. The maximum atomic E-state index is 5.38. The van der Waals surface area contributed by atoms with Gasteiger partial charge in [-0.15, -0.1) is 0 Å². The fraction of sp³-hybridized carbons (Fsp3) is 0.357. The molecule has 0 saturated carbocycles. The van der Waals surface area contributed by atoms with Crippen LogP contribution < -0.4 is 10.1 Å². The molecule has 1 aromatic carbocycles. The maximum Gasteiger partial charge on any atom is 0.208 e. The SMILES string of the molecule is COc1ccc(CCNCc2ncc(C)o2)cc1. The maximum absolute atomic E-state index is 5.38. The van der Waals surface area contributed by atoms with E-state index in [0.717, 1.165) is 30.4 Å². The highest BCUT2D eigenvalue weighted by atomic mass is 16.5. The molecule has 0 atom stereocenters. The minimum absolute atomic E-state index is 0.671. The minimum atomic E-state index is 0.671. The number of nitrogens with zero attached hydrogens (tertiary/aromatic N) is 1. The molecule has 1 heterocycles. The van der Waals surface area contributed by atoms with Crippen molar-refractivity contribution in [3.63, 3.8) is 0 Å². The van der Waals surface area contributed by atoms with Crippen molar-refractivity contribution >= 4 is 0 Å². The Bertz CT molecular complexity index is 477. The summed E-state index contributed by atoms with van der Waals surface area (Å²) in [5.41, 5.74) is 1.28. The molecule has 18 heavy (non-hydrogen) atoms. The number of oxazole rings is 1. The van der Waals surface area contributed by atoms with Crippen molar-refractivity contribution in [1.82, 2.24) is 10.3 Å². The van der Waals surface area contributed by atoms with E-state index in [1.807, 2.05) is 19.1 Å². The Kier molecular flexibility index (Phi) is 4.36. The number of aromatic nitrogens is 1. The summed E-state index contributed by atoms with van der Waals surface area (Å²) in [5.74, 6) is 2.48. The summed E-state index contributed by atoms with van der Waals surface area (Å²) in [6.45, 7) is 3.46. The smallest absolute Gasteiger partial charge is 0.208 e. The van der Waals surface area contributed by atoms with Gasteiger partial charge in [-0.1, -0.05) is 12.1 Å². The first-order chi connectivity index (χ1) is 8.78. The van der Waals surface area contributed by atoms with Crippen LogP contribution >= 0.6 is 0 Å². The molecule has 1 aromatic heterocycles. The van der Waals surface area contributed by atoms with Crippen molar-refractivity contribution in [2.45, 2.75) is 19.9 Å². The van der Waals surface area contributed by atoms with Gasteiger partial charge >= 0.3 is 0 Å². The van der Waals surface area contributed by atoms with E-state index < -0.39 is 0 Å². The van der Waals surface area contributed by atoms with Crippen molar-refractivity contribution in [1.29, 1.82) is 0 Å². The number of benzene rings is 1. The van der Waals surface area contributed by atoms with Crippen LogP contribution in [0.2, 0.25) is 0 Å². The molecule has 0 aliphatic heterocycles. The third-order valence-corrected chi connectivity index (χ3v) is 2.69. The first kappa shape index (κ1) is 12.6. The first-order valence-corrected chi connectivity index (χ1v) is 6.03. The average molecular weight is 246 g/mol. The number of rotatable bonds is 6. The molecule has 0 aliphatic carbocycles. The Morgan fingerprint density at radius 2 is 2.06 bits per heavy atom. The fourth-order valence-corrected chi connectivity index (χ4v) is 1.70. The molecule has 0 amide bonds. The van der Waals surface area contributed by atoms with Crippen LogP contribution in [0.1, 0.15) is 17.2 Å². The van der Waals surface area contributed by atoms with Gasteiger partial charge in [-0.05, 0) is 37.6 Å². The lowest BCUT2D eigenvalue weighted by atomic mass is 10.1. The number of hydrogen-bond donors (Lipinski definition) is 1. The lowest BCUT2D eigenvalue weighted by Gasteiger charge is -2.04. The average Bonchev–Trinajstić information content (AvgIpc) is 2.81. The monoisotopic (exact) mass is 246 g/mol. The standard InChI is InChI=1S/C14H18N2O2/c1-11-9-16-14(18-11)10-15-8-7-12-3-5-13(17-2)6-4-12/h3-6,9,15H,7-8,10H2,1-2H3. The van der Waals surface area contributed by atoms with Crippen LogP contribution in [0.4, 0.5) is 0 Å². The van der Waals surface area contributed by atoms with E-state index in [1.54, 1.807) is 13.3 Å². The van der Waals surface area contributed by atoms with Crippen LogP contribution in [0.15, 0.2) is 34.9 Å². The van der Waals surface area contributed by atoms with Crippen molar-refractivity contribution in [2.24, 2.45) is 0 Å². The second kappa shape index (κ2) is 6.21. The first-order valence-electron chi connectivity index (χ1n) is 6.03. The second-order valence-electron chi connectivity index (χ2n) is 4.14. The highest BCUT2D eigenvalue weighted by Crippen LogP contribution is 2.11. The summed E-state index contributed by atoms with van der Waals surface area (Å²) >= 11 is 0. The number of aryl methyl sites for hydroxylation is 1. The zero-order valence-corrected chi connectivity index (χ0v) is 10.8. The fourth-order valence-electron chi connectivity index (χ4n) is 1.70. The molecule has 4 nitrogen and oxygen atoms in total. The molecule has 1 N–H and O–H groups in total. The largest absolute Gasteiger partial charge is 0.497 e. The van der Waals surface area contributed by atoms with Crippen LogP contribution in [-0.2, 0) is 13.0 Å². The molecule has 0 fully saturated rings. The summed E-state index contributed by atoms with van der Waals surface area (Å²) in [6.07, 6.45) is 2.71. The molecule has 0 saturated heterocycles. The zero-order valence-electron chi connectivity index (χ0n) is 10.8. The molecular formula is C14H18N2O2. The van der Waals surface area contributed by atoms with Crippen molar-refractivity contribution < 1.29 is 9.15 Å². The Labute approximate surface area is 107 Å². The molecule has 96 valence electrons. The highest BCUT2D eigenvalue weighted by molar-refractivity contribution is 5.27. The lowest BCUT2D eigenvalue weighted by Crippen LogP contribution is -2.16. The molecule has 0 aliphatic rings. The predicted molar refractivity (Wildman–Crippen MR) is 69.6 cm³/mol. The van der Waals surface area contributed by atoms with Gasteiger partial charge in [-0.3, -0.25) is 0 Å². The minimum Gasteiger partial charge on any atom is -0.497 e. The predicted octanol–water partition coefficient (Wildman–Crippen LogP) is 2.32. The van der Waals surface area contributed by atoms with E-state index in [-0.39, 0.29) is 0 Å². The Morgan fingerprint density at radius 3 is 2.67 bits per heavy atom. The number of methoxy groups -OCH3 is 1. The van der Waals surface area contributed by atoms with E-state index in [9.17, 15) is 0 Å². The summed E-state index contributed by atoms with van der Waals surface area (Å²) in [5, 5.41) is 3.30. The van der Waals surface area contributed by atoms with Gasteiger partial charge < -0.3 is 14.5 Å². The normalized spacial score (nSPS) is 10.6. The van der Waals surface area contributed by atoms with Crippen molar-refractivity contribution in [3.8, 4) is 5.75 Å². The highest BCUT2D eigenvalue weighted by Gasteiger charge is 1.99. The van der Waals surface area contributed by atoms with E-state index >= 15 is 0 Å². The molecule has 0 unspecified atom stereocenters. The van der Waals surface area contributed by atoms with Gasteiger partial charge in [0.2, 0.25) is 5.89 Å². The van der Waals surface area contributed by atoms with Crippen LogP contribution in [0.3, 0.4) is 0 Å². The zero-order chi connectivity index (χ0) is 12.8. The Hall–Kier alpha value is -1.81. The summed E-state index contributed by atoms with van der Waals surface area (Å²) in [4.78, 5) is 4.14. The van der Waals surface area contributed by atoms with Crippen LogP contribution in [0.25, 0.3) is 0 Å². The lowest BCUT2D eigenvalue weighted by molar-refractivity contribution is 0.414. The number of ether oxygens (including phenoxy) is 1. The van der Waals surface area contributed by atoms with Gasteiger partial charge in [-0.2, -0.15) is 0 Å².